The maximum Gasteiger partial charge on any atom is 0.237 e. The van der Waals surface area contributed by atoms with Crippen molar-refractivity contribution >= 4 is 38.6 Å². The Balaban J connectivity index is 2.15. The molecular formula is C13H16N2O3S2. The summed E-state index contributed by atoms with van der Waals surface area (Å²) in [6, 6.07) is 6.03. The second-order valence-electron chi connectivity index (χ2n) is 5.05. The van der Waals surface area contributed by atoms with Crippen LogP contribution >= 0.6 is 12.2 Å². The number of amides is 1. The predicted octanol–water partition coefficient (Wildman–Crippen LogP) is 1.49. The maximum atomic E-state index is 12.2. The lowest BCUT2D eigenvalue weighted by Crippen LogP contribution is -2.50. The van der Waals surface area contributed by atoms with E-state index in [0.717, 1.165) is 12.7 Å². The fourth-order valence-electron chi connectivity index (χ4n) is 2.15. The van der Waals surface area contributed by atoms with Crippen molar-refractivity contribution in [3.05, 3.63) is 24.3 Å². The summed E-state index contributed by atoms with van der Waals surface area (Å²) in [5.74, 6) is -0.219. The highest BCUT2D eigenvalue weighted by Crippen LogP contribution is 2.42. The van der Waals surface area contributed by atoms with Gasteiger partial charge in [0.2, 0.25) is 5.91 Å². The maximum absolute atomic E-state index is 12.2. The summed E-state index contributed by atoms with van der Waals surface area (Å²) >= 11 is 4.98. The number of benzene rings is 1. The highest BCUT2D eigenvalue weighted by atomic mass is 32.2. The summed E-state index contributed by atoms with van der Waals surface area (Å²) in [6.07, 6.45) is 3.39. The number of anilines is 1. The number of nitrogens with two attached hydrogens (primary N) is 1. The number of thiocarbonyl (C=S) groups is 1. The first-order valence-electron chi connectivity index (χ1n) is 6.17. The molecule has 7 heteroatoms. The normalized spacial score (nSPS) is 17.1. The third-order valence-electron chi connectivity index (χ3n) is 3.65. The van der Waals surface area contributed by atoms with Gasteiger partial charge in [0.1, 0.15) is 0 Å². The van der Waals surface area contributed by atoms with Crippen LogP contribution in [0.15, 0.2) is 29.2 Å². The molecule has 1 aliphatic carbocycles. The van der Waals surface area contributed by atoms with Crippen LogP contribution < -0.4 is 11.1 Å². The molecule has 1 fully saturated rings. The van der Waals surface area contributed by atoms with Gasteiger partial charge in [-0.2, -0.15) is 0 Å². The molecule has 0 spiro atoms. The molecule has 1 aliphatic rings. The zero-order valence-electron chi connectivity index (χ0n) is 11.0. The molecule has 0 bridgehead atoms. The number of carbonyl (C=O) groups excluding carboxylic acids is 1. The highest BCUT2D eigenvalue weighted by Gasteiger charge is 2.46. The standard InChI is InChI=1S/C13H16N2O3S2/c1-20(17,18)10-5-3-9(4-6-10)15-12(16)13(11(14)19)7-2-8-13/h3-6H,2,7-8H2,1H3,(H2,14,19)(H,15,16). The summed E-state index contributed by atoms with van der Waals surface area (Å²) in [5, 5.41) is 2.74. The lowest BCUT2D eigenvalue weighted by atomic mass is 9.68. The van der Waals surface area contributed by atoms with Crippen LogP contribution in [0.1, 0.15) is 19.3 Å². The number of sulfone groups is 1. The summed E-state index contributed by atoms with van der Waals surface area (Å²) in [6.45, 7) is 0. The van der Waals surface area contributed by atoms with Crippen molar-refractivity contribution in [2.24, 2.45) is 11.1 Å². The smallest absolute Gasteiger partial charge is 0.237 e. The molecule has 0 atom stereocenters. The van der Waals surface area contributed by atoms with Gasteiger partial charge in [0.05, 0.1) is 15.3 Å². The van der Waals surface area contributed by atoms with E-state index in [0.29, 0.717) is 18.5 Å². The fourth-order valence-corrected chi connectivity index (χ4v) is 3.08. The molecule has 0 unspecified atom stereocenters. The van der Waals surface area contributed by atoms with E-state index in [-0.39, 0.29) is 15.8 Å². The number of nitrogens with one attached hydrogen (secondary N) is 1. The Morgan fingerprint density at radius 1 is 1.30 bits per heavy atom. The molecule has 1 aromatic carbocycles. The van der Waals surface area contributed by atoms with Gasteiger partial charge < -0.3 is 11.1 Å². The first-order valence-corrected chi connectivity index (χ1v) is 8.47. The lowest BCUT2D eigenvalue weighted by Gasteiger charge is -2.39. The van der Waals surface area contributed by atoms with Gasteiger partial charge in [0.15, 0.2) is 9.84 Å². The first kappa shape index (κ1) is 14.9. The van der Waals surface area contributed by atoms with Gasteiger partial charge in [-0.1, -0.05) is 18.6 Å². The molecule has 3 N–H and O–H groups in total. The molecule has 1 saturated carbocycles. The second kappa shape index (κ2) is 5.14. The third kappa shape index (κ3) is 2.69. The quantitative estimate of drug-likeness (QED) is 0.822. The average molecular weight is 312 g/mol. The summed E-state index contributed by atoms with van der Waals surface area (Å²) in [5.41, 5.74) is 5.45. The van der Waals surface area contributed by atoms with Crippen molar-refractivity contribution in [1.29, 1.82) is 0 Å². The molecule has 2 rings (SSSR count). The largest absolute Gasteiger partial charge is 0.392 e. The summed E-state index contributed by atoms with van der Waals surface area (Å²) < 4.78 is 22.7. The number of carbonyl (C=O) groups is 1. The van der Waals surface area contributed by atoms with E-state index in [4.69, 9.17) is 18.0 Å². The molecular weight excluding hydrogens is 296 g/mol. The van der Waals surface area contributed by atoms with Crippen LogP contribution in [-0.2, 0) is 14.6 Å². The van der Waals surface area contributed by atoms with Crippen molar-refractivity contribution in [2.45, 2.75) is 24.2 Å². The van der Waals surface area contributed by atoms with Crippen LogP contribution in [0, 0.1) is 5.41 Å². The lowest BCUT2D eigenvalue weighted by molar-refractivity contribution is -0.125. The van der Waals surface area contributed by atoms with Crippen LogP contribution in [0.2, 0.25) is 0 Å². The second-order valence-corrected chi connectivity index (χ2v) is 7.51. The molecule has 0 saturated heterocycles. The topological polar surface area (TPSA) is 89.3 Å². The first-order chi connectivity index (χ1) is 9.25. The van der Waals surface area contributed by atoms with E-state index in [1.54, 1.807) is 12.1 Å². The van der Waals surface area contributed by atoms with Crippen molar-refractivity contribution in [3.63, 3.8) is 0 Å². The van der Waals surface area contributed by atoms with Gasteiger partial charge in [0.25, 0.3) is 0 Å². The van der Waals surface area contributed by atoms with Gasteiger partial charge in [-0.25, -0.2) is 8.42 Å². The summed E-state index contributed by atoms with van der Waals surface area (Å²) in [7, 11) is -3.24. The molecule has 0 heterocycles. The monoisotopic (exact) mass is 312 g/mol. The minimum Gasteiger partial charge on any atom is -0.392 e. The van der Waals surface area contributed by atoms with Gasteiger partial charge in [-0.3, -0.25) is 4.79 Å². The third-order valence-corrected chi connectivity index (χ3v) is 5.17. The van der Waals surface area contributed by atoms with Crippen molar-refractivity contribution in [3.8, 4) is 0 Å². The van der Waals surface area contributed by atoms with E-state index >= 15 is 0 Å². The molecule has 1 aromatic rings. The molecule has 20 heavy (non-hydrogen) atoms. The molecule has 0 aromatic heterocycles. The Morgan fingerprint density at radius 3 is 2.20 bits per heavy atom. The van der Waals surface area contributed by atoms with E-state index in [1.165, 1.54) is 12.1 Å². The van der Waals surface area contributed by atoms with Crippen LogP contribution in [0.4, 0.5) is 5.69 Å². The Bertz CT molecular complexity index is 647. The molecule has 1 amide bonds. The molecule has 5 nitrogen and oxygen atoms in total. The van der Waals surface area contributed by atoms with Crippen molar-refractivity contribution < 1.29 is 13.2 Å². The van der Waals surface area contributed by atoms with Crippen LogP contribution in [0.5, 0.6) is 0 Å². The van der Waals surface area contributed by atoms with Gasteiger partial charge in [0, 0.05) is 11.9 Å². The SMILES string of the molecule is CS(=O)(=O)c1ccc(NC(=O)C2(C(N)=S)CCC2)cc1. The van der Waals surface area contributed by atoms with Crippen molar-refractivity contribution in [1.82, 2.24) is 0 Å². The van der Waals surface area contributed by atoms with Crippen LogP contribution in [0.25, 0.3) is 0 Å². The molecule has 0 radical (unpaired) electrons. The number of hydrogen-bond acceptors (Lipinski definition) is 4. The Kier molecular flexibility index (Phi) is 3.84. The Hall–Kier alpha value is -1.47. The van der Waals surface area contributed by atoms with E-state index < -0.39 is 15.3 Å². The Labute approximate surface area is 123 Å². The van der Waals surface area contributed by atoms with Gasteiger partial charge >= 0.3 is 0 Å². The van der Waals surface area contributed by atoms with E-state index in [9.17, 15) is 13.2 Å². The van der Waals surface area contributed by atoms with Crippen LogP contribution in [-0.4, -0.2) is 25.6 Å². The van der Waals surface area contributed by atoms with E-state index in [1.807, 2.05) is 0 Å². The van der Waals surface area contributed by atoms with Crippen LogP contribution in [0.3, 0.4) is 0 Å². The predicted molar refractivity (Wildman–Crippen MR) is 81.3 cm³/mol. The molecule has 0 aliphatic heterocycles. The zero-order valence-corrected chi connectivity index (χ0v) is 12.7. The highest BCUT2D eigenvalue weighted by molar-refractivity contribution is 7.90. The molecule has 108 valence electrons. The van der Waals surface area contributed by atoms with Gasteiger partial charge in [-0.15, -0.1) is 0 Å². The number of rotatable bonds is 4. The number of hydrogen-bond donors (Lipinski definition) is 2. The van der Waals surface area contributed by atoms with E-state index in [2.05, 4.69) is 5.32 Å². The summed E-state index contributed by atoms with van der Waals surface area (Å²) in [4.78, 5) is 12.7. The minimum atomic E-state index is -3.24. The minimum absolute atomic E-state index is 0.211. The van der Waals surface area contributed by atoms with Crippen molar-refractivity contribution in [2.75, 3.05) is 11.6 Å². The Morgan fingerprint density at radius 2 is 1.85 bits per heavy atom. The fraction of sp³-hybridized carbons (Fsp3) is 0.385. The van der Waals surface area contributed by atoms with Gasteiger partial charge in [-0.05, 0) is 37.1 Å². The average Bonchev–Trinajstić information content (AvgIpc) is 2.26. The zero-order chi connectivity index (χ0) is 15.0.